The first-order valence-electron chi connectivity index (χ1n) is 21.8. The summed E-state index contributed by atoms with van der Waals surface area (Å²) in [7, 11) is -4.45. The van der Waals surface area contributed by atoms with Gasteiger partial charge in [-0.3, -0.25) is 9.35 Å². The fraction of sp³-hybridized carbons (Fsp3) is 0.841. The Labute approximate surface area is 321 Å². The summed E-state index contributed by atoms with van der Waals surface area (Å²) in [5.41, 5.74) is 0. The van der Waals surface area contributed by atoms with E-state index in [9.17, 15) is 28.0 Å². The smallest absolute Gasteiger partial charge is 0.267 e. The maximum Gasteiger partial charge on any atom is 0.267 e. The molecule has 1 amide bonds. The van der Waals surface area contributed by atoms with Crippen molar-refractivity contribution in [3.8, 4) is 0 Å². The predicted molar refractivity (Wildman–Crippen MR) is 222 cm³/mol. The Bertz CT molecular complexity index is 979. The molecule has 0 rings (SSSR count). The van der Waals surface area contributed by atoms with Crippen LogP contribution in [0.5, 0.6) is 0 Å². The van der Waals surface area contributed by atoms with Crippen LogP contribution in [-0.4, -0.2) is 53.1 Å². The molecule has 8 heteroatoms. The molecule has 0 saturated carbocycles. The molecule has 0 bridgehead atoms. The number of nitrogens with one attached hydrogen (secondary N) is 1. The van der Waals surface area contributed by atoms with E-state index in [1.54, 1.807) is 6.08 Å². The van der Waals surface area contributed by atoms with Crippen LogP contribution in [0, 0.1) is 0 Å². The Kier molecular flexibility index (Phi) is 36.7. The van der Waals surface area contributed by atoms with Crippen molar-refractivity contribution in [3.05, 3.63) is 36.5 Å². The molecule has 0 aromatic heterocycles. The summed E-state index contributed by atoms with van der Waals surface area (Å²) < 4.78 is 32.5. The summed E-state index contributed by atoms with van der Waals surface area (Å²) in [6.07, 6.45) is 46.3. The van der Waals surface area contributed by atoms with Crippen LogP contribution < -0.4 is 5.32 Å². The first-order valence-corrected chi connectivity index (χ1v) is 23.4. The third-order valence-electron chi connectivity index (χ3n) is 9.90. The molecule has 7 nitrogen and oxygen atoms in total. The average Bonchev–Trinajstić information content (AvgIpc) is 3.11. The minimum absolute atomic E-state index is 0.274. The zero-order valence-corrected chi connectivity index (χ0v) is 34.6. The minimum atomic E-state index is -4.45. The molecule has 52 heavy (non-hydrogen) atoms. The molecule has 0 saturated heterocycles. The summed E-state index contributed by atoms with van der Waals surface area (Å²) in [6, 6.07) is -1.25. The minimum Gasteiger partial charge on any atom is -0.387 e. The van der Waals surface area contributed by atoms with E-state index in [4.69, 9.17) is 0 Å². The monoisotopic (exact) mass is 754 g/mol. The molecule has 306 valence electrons. The van der Waals surface area contributed by atoms with Gasteiger partial charge in [-0.1, -0.05) is 204 Å². The van der Waals surface area contributed by atoms with Crippen molar-refractivity contribution >= 4 is 16.0 Å². The second kappa shape index (κ2) is 37.8. The van der Waals surface area contributed by atoms with Gasteiger partial charge in [0.1, 0.15) is 6.10 Å². The third kappa shape index (κ3) is 36.9. The third-order valence-corrected chi connectivity index (χ3v) is 10.7. The highest BCUT2D eigenvalue weighted by molar-refractivity contribution is 7.85. The Morgan fingerprint density at radius 1 is 0.519 bits per heavy atom. The van der Waals surface area contributed by atoms with Gasteiger partial charge in [-0.05, 0) is 44.9 Å². The van der Waals surface area contributed by atoms with Crippen LogP contribution in [0.4, 0.5) is 0 Å². The summed E-state index contributed by atoms with van der Waals surface area (Å²) in [5, 5.41) is 23.4. The Morgan fingerprint density at radius 3 is 1.27 bits per heavy atom. The van der Waals surface area contributed by atoms with Crippen LogP contribution in [0.1, 0.15) is 213 Å². The van der Waals surface area contributed by atoms with E-state index in [2.05, 4.69) is 43.5 Å². The van der Waals surface area contributed by atoms with Gasteiger partial charge in [0.15, 0.2) is 0 Å². The molecular formula is C44H83NO6S. The maximum atomic E-state index is 12.6. The number of hydrogen-bond acceptors (Lipinski definition) is 5. The highest BCUT2D eigenvalue weighted by Crippen LogP contribution is 2.15. The van der Waals surface area contributed by atoms with Crippen molar-refractivity contribution in [2.45, 2.75) is 231 Å². The molecule has 0 aromatic rings. The normalized spacial score (nSPS) is 14.2. The van der Waals surface area contributed by atoms with E-state index < -0.39 is 40.0 Å². The number of hydrogen-bond donors (Lipinski definition) is 4. The van der Waals surface area contributed by atoms with E-state index >= 15 is 0 Å². The van der Waals surface area contributed by atoms with Crippen LogP contribution in [0.25, 0.3) is 0 Å². The summed E-state index contributed by atoms with van der Waals surface area (Å²) in [4.78, 5) is 12.6. The molecule has 0 aliphatic rings. The van der Waals surface area contributed by atoms with Crippen LogP contribution in [0.2, 0.25) is 0 Å². The second-order valence-electron chi connectivity index (χ2n) is 15.1. The highest BCUT2D eigenvalue weighted by atomic mass is 32.2. The quantitative estimate of drug-likeness (QED) is 0.0281. The molecule has 3 unspecified atom stereocenters. The lowest BCUT2D eigenvalue weighted by Crippen LogP contribution is -2.50. The predicted octanol–water partition coefficient (Wildman–Crippen LogP) is 11.9. The average molecular weight is 754 g/mol. The molecule has 0 aromatic carbocycles. The van der Waals surface area contributed by atoms with Gasteiger partial charge < -0.3 is 15.5 Å². The summed E-state index contributed by atoms with van der Waals surface area (Å²) in [5.74, 6) is -1.56. The summed E-state index contributed by atoms with van der Waals surface area (Å²) >= 11 is 0. The molecule has 0 aliphatic carbocycles. The Balaban J connectivity index is 4.07. The van der Waals surface area contributed by atoms with Gasteiger partial charge in [-0.25, -0.2) is 0 Å². The second-order valence-corrected chi connectivity index (χ2v) is 16.6. The van der Waals surface area contributed by atoms with Crippen molar-refractivity contribution < 1.29 is 28.0 Å². The van der Waals surface area contributed by atoms with Crippen LogP contribution in [-0.2, 0) is 14.9 Å². The maximum absolute atomic E-state index is 12.6. The lowest BCUT2D eigenvalue weighted by molar-refractivity contribution is -0.130. The molecule has 0 aliphatic heterocycles. The number of rotatable bonds is 39. The van der Waals surface area contributed by atoms with Crippen molar-refractivity contribution in [3.63, 3.8) is 0 Å². The number of allylic oxidation sites excluding steroid dienone is 5. The fourth-order valence-electron chi connectivity index (χ4n) is 6.55. The fourth-order valence-corrected chi connectivity index (χ4v) is 7.28. The van der Waals surface area contributed by atoms with Crippen molar-refractivity contribution in [2.24, 2.45) is 0 Å². The van der Waals surface area contributed by atoms with E-state index in [1.165, 1.54) is 141 Å². The SMILES string of the molecule is CCCCCCCCCCCC/C=C/CC/C=C/CC/C=C/C(O)C(CS(=O)(=O)O)NC(=O)C(O)CCCCCCCCCCCCCCCCC. The van der Waals surface area contributed by atoms with Gasteiger partial charge >= 0.3 is 0 Å². The number of unbranched alkanes of at least 4 members (excludes halogenated alkanes) is 26. The van der Waals surface area contributed by atoms with E-state index in [0.29, 0.717) is 12.8 Å². The Morgan fingerprint density at radius 2 is 0.865 bits per heavy atom. The van der Waals surface area contributed by atoms with Crippen LogP contribution >= 0.6 is 0 Å². The van der Waals surface area contributed by atoms with E-state index in [1.807, 2.05) is 0 Å². The highest BCUT2D eigenvalue weighted by Gasteiger charge is 2.27. The van der Waals surface area contributed by atoms with Crippen LogP contribution in [0.3, 0.4) is 0 Å². The van der Waals surface area contributed by atoms with Crippen molar-refractivity contribution in [1.82, 2.24) is 5.32 Å². The zero-order valence-electron chi connectivity index (χ0n) is 33.8. The number of amides is 1. The van der Waals surface area contributed by atoms with Gasteiger partial charge in [0, 0.05) is 0 Å². The van der Waals surface area contributed by atoms with Gasteiger partial charge in [0.05, 0.1) is 17.9 Å². The number of aliphatic hydroxyl groups excluding tert-OH is 2. The standard InChI is InChI=1S/C44H83NO6S/c1-3-5-7-9-11-13-15-17-19-20-21-22-23-25-26-28-30-32-34-36-38-42(46)41(40-52(49,50)51)45-44(48)43(47)39-37-35-33-31-29-27-24-18-16-14-12-10-8-6-4-2/h22-23,28,30,36,38,41-43,46-47H,3-21,24-27,29,31-35,37,39-40H2,1-2H3,(H,45,48)(H,49,50,51)/b23-22+,30-28+,38-36+. The van der Waals surface area contributed by atoms with E-state index in [0.717, 1.165) is 44.9 Å². The lowest BCUT2D eigenvalue weighted by atomic mass is 10.0. The first-order chi connectivity index (χ1) is 25.2. The van der Waals surface area contributed by atoms with Gasteiger partial charge in [0.25, 0.3) is 10.1 Å². The van der Waals surface area contributed by atoms with Crippen molar-refractivity contribution in [2.75, 3.05) is 5.75 Å². The number of carbonyl (C=O) groups is 1. The number of aliphatic hydroxyl groups is 2. The van der Waals surface area contributed by atoms with Gasteiger partial charge in [-0.2, -0.15) is 8.42 Å². The zero-order chi connectivity index (χ0) is 38.4. The first kappa shape index (κ1) is 50.5. The van der Waals surface area contributed by atoms with Crippen LogP contribution in [0.15, 0.2) is 36.5 Å². The molecule has 0 heterocycles. The molecule has 4 N–H and O–H groups in total. The van der Waals surface area contributed by atoms with Crippen molar-refractivity contribution in [1.29, 1.82) is 0 Å². The number of carbonyl (C=O) groups excluding carboxylic acids is 1. The molecular weight excluding hydrogens is 671 g/mol. The Hall–Kier alpha value is -1.48. The topological polar surface area (TPSA) is 124 Å². The lowest BCUT2D eigenvalue weighted by Gasteiger charge is -2.22. The van der Waals surface area contributed by atoms with E-state index in [-0.39, 0.29) is 6.42 Å². The largest absolute Gasteiger partial charge is 0.387 e. The molecule has 3 atom stereocenters. The molecule has 0 spiro atoms. The molecule has 0 radical (unpaired) electrons. The summed E-state index contributed by atoms with van der Waals surface area (Å²) in [6.45, 7) is 4.52. The molecule has 0 fully saturated rings. The van der Waals surface area contributed by atoms with Gasteiger partial charge in [0.2, 0.25) is 5.91 Å². The van der Waals surface area contributed by atoms with Gasteiger partial charge in [-0.15, -0.1) is 0 Å².